The molecular formula is C28H40N4O2S2. The SMILES string of the molecule is CCCCC(CC)CN1C(=O)/C(=C\c2c(C)c(C#N)c(=O)n(CCC)c2N2CCCCCC2)SC1=S. The van der Waals surface area contributed by atoms with Crippen molar-refractivity contribution < 1.29 is 4.79 Å². The van der Waals surface area contributed by atoms with Gasteiger partial charge in [0.15, 0.2) is 0 Å². The first-order chi connectivity index (χ1) is 17.4. The molecule has 0 spiro atoms. The van der Waals surface area contributed by atoms with E-state index in [4.69, 9.17) is 12.2 Å². The van der Waals surface area contributed by atoms with E-state index in [9.17, 15) is 14.9 Å². The zero-order valence-corrected chi connectivity index (χ0v) is 23.9. The third-order valence-electron chi connectivity index (χ3n) is 7.33. The fourth-order valence-corrected chi connectivity index (χ4v) is 6.42. The minimum atomic E-state index is -0.234. The molecular weight excluding hydrogens is 488 g/mol. The fraction of sp³-hybridized carbons (Fsp3) is 0.643. The maximum absolute atomic E-state index is 13.5. The lowest BCUT2D eigenvalue weighted by Crippen LogP contribution is -2.35. The quantitative estimate of drug-likeness (QED) is 0.265. The van der Waals surface area contributed by atoms with Crippen LogP contribution in [0.2, 0.25) is 0 Å². The summed E-state index contributed by atoms with van der Waals surface area (Å²) >= 11 is 6.98. The van der Waals surface area contributed by atoms with Crippen LogP contribution in [0.4, 0.5) is 5.82 Å². The molecule has 2 aliphatic rings. The third-order valence-corrected chi connectivity index (χ3v) is 8.71. The van der Waals surface area contributed by atoms with Gasteiger partial charge in [-0.25, -0.2) is 0 Å². The van der Waals surface area contributed by atoms with E-state index in [0.717, 1.165) is 69.4 Å². The Morgan fingerprint density at radius 2 is 1.81 bits per heavy atom. The summed E-state index contributed by atoms with van der Waals surface area (Å²) in [5, 5.41) is 9.86. The van der Waals surface area contributed by atoms with Gasteiger partial charge >= 0.3 is 0 Å². The average Bonchev–Trinajstić information content (AvgIpc) is 3.04. The number of pyridine rings is 1. The van der Waals surface area contributed by atoms with Crippen molar-refractivity contribution in [3.63, 3.8) is 0 Å². The second-order valence-electron chi connectivity index (χ2n) is 9.92. The Bertz CT molecular complexity index is 1090. The Hall–Kier alpha value is -2.11. The molecule has 2 saturated heterocycles. The number of unbranched alkanes of at least 4 members (excludes halogenated alkanes) is 1. The van der Waals surface area contributed by atoms with Gasteiger partial charge in [-0.3, -0.25) is 19.1 Å². The van der Waals surface area contributed by atoms with Crippen molar-refractivity contribution in [1.82, 2.24) is 9.47 Å². The van der Waals surface area contributed by atoms with E-state index in [2.05, 4.69) is 24.8 Å². The first-order valence-corrected chi connectivity index (χ1v) is 14.8. The minimum Gasteiger partial charge on any atom is -0.357 e. The summed E-state index contributed by atoms with van der Waals surface area (Å²) in [7, 11) is 0. The topological polar surface area (TPSA) is 69.3 Å². The normalized spacial score (nSPS) is 18.6. The number of carbonyl (C=O) groups excluding carboxylic acids is 1. The van der Waals surface area contributed by atoms with Crippen LogP contribution in [-0.4, -0.2) is 39.3 Å². The van der Waals surface area contributed by atoms with Crippen LogP contribution in [0.3, 0.4) is 0 Å². The van der Waals surface area contributed by atoms with Gasteiger partial charge in [-0.05, 0) is 50.2 Å². The predicted octanol–water partition coefficient (Wildman–Crippen LogP) is 6.24. The Kier molecular flexibility index (Phi) is 10.6. The van der Waals surface area contributed by atoms with E-state index in [1.54, 1.807) is 9.47 Å². The molecule has 6 nitrogen and oxygen atoms in total. The number of hydrogen-bond acceptors (Lipinski definition) is 6. The monoisotopic (exact) mass is 528 g/mol. The van der Waals surface area contributed by atoms with E-state index >= 15 is 0 Å². The Labute approximate surface area is 225 Å². The van der Waals surface area contributed by atoms with Gasteiger partial charge in [0.05, 0.1) is 4.91 Å². The fourth-order valence-electron chi connectivity index (χ4n) is 5.16. The second kappa shape index (κ2) is 13.4. The molecule has 8 heteroatoms. The lowest BCUT2D eigenvalue weighted by atomic mass is 9.99. The zero-order valence-electron chi connectivity index (χ0n) is 22.3. The van der Waals surface area contributed by atoms with Gasteiger partial charge in [0.1, 0.15) is 21.8 Å². The van der Waals surface area contributed by atoms with Crippen molar-refractivity contribution in [3.05, 3.63) is 31.9 Å². The number of nitriles is 1. The first kappa shape index (κ1) is 28.5. The Balaban J connectivity index is 2.10. The lowest BCUT2D eigenvalue weighted by Gasteiger charge is -2.29. The van der Waals surface area contributed by atoms with E-state index in [0.29, 0.717) is 33.8 Å². The molecule has 1 atom stereocenters. The van der Waals surface area contributed by atoms with Gasteiger partial charge in [0.2, 0.25) is 0 Å². The third kappa shape index (κ3) is 6.23. The molecule has 196 valence electrons. The van der Waals surface area contributed by atoms with E-state index in [1.165, 1.54) is 24.6 Å². The molecule has 0 radical (unpaired) electrons. The number of thiocarbonyl (C=S) groups is 1. The van der Waals surface area contributed by atoms with Crippen molar-refractivity contribution in [2.75, 3.05) is 24.5 Å². The second-order valence-corrected chi connectivity index (χ2v) is 11.6. The van der Waals surface area contributed by atoms with Gasteiger partial charge in [-0.2, -0.15) is 5.26 Å². The molecule has 3 heterocycles. The summed E-state index contributed by atoms with van der Waals surface area (Å²) in [6.07, 6.45) is 11.6. The zero-order chi connectivity index (χ0) is 26.2. The highest BCUT2D eigenvalue weighted by atomic mass is 32.2. The molecule has 36 heavy (non-hydrogen) atoms. The van der Waals surface area contributed by atoms with Gasteiger partial charge in [-0.15, -0.1) is 0 Å². The van der Waals surface area contributed by atoms with Crippen LogP contribution < -0.4 is 10.5 Å². The first-order valence-electron chi connectivity index (χ1n) is 13.6. The number of rotatable bonds is 10. The highest BCUT2D eigenvalue weighted by molar-refractivity contribution is 8.26. The van der Waals surface area contributed by atoms with Gasteiger partial charge in [0, 0.05) is 31.7 Å². The molecule has 2 fully saturated rings. The van der Waals surface area contributed by atoms with Crippen LogP contribution in [0, 0.1) is 24.2 Å². The molecule has 1 aromatic heterocycles. The number of thioether (sulfide) groups is 1. The summed E-state index contributed by atoms with van der Waals surface area (Å²) in [6.45, 7) is 11.2. The van der Waals surface area contributed by atoms with Crippen molar-refractivity contribution in [3.8, 4) is 6.07 Å². The molecule has 0 bridgehead atoms. The molecule has 3 rings (SSSR count). The van der Waals surface area contributed by atoms with E-state index in [1.807, 2.05) is 19.9 Å². The number of hydrogen-bond donors (Lipinski definition) is 0. The number of nitrogens with zero attached hydrogens (tertiary/aromatic N) is 4. The summed E-state index contributed by atoms with van der Waals surface area (Å²) in [5.41, 5.74) is 1.38. The van der Waals surface area contributed by atoms with Gasteiger partial charge in [-0.1, -0.05) is 76.9 Å². The molecule has 0 aromatic carbocycles. The maximum Gasteiger partial charge on any atom is 0.270 e. The Morgan fingerprint density at radius 1 is 1.11 bits per heavy atom. The van der Waals surface area contributed by atoms with Crippen LogP contribution in [0.1, 0.15) is 95.2 Å². The summed E-state index contributed by atoms with van der Waals surface area (Å²) in [5.74, 6) is 1.21. The molecule has 0 N–H and O–H groups in total. The molecule has 1 aromatic rings. The van der Waals surface area contributed by atoms with Crippen molar-refractivity contribution in [2.24, 2.45) is 5.92 Å². The van der Waals surface area contributed by atoms with Crippen LogP contribution in [-0.2, 0) is 11.3 Å². The smallest absolute Gasteiger partial charge is 0.270 e. The number of carbonyl (C=O) groups is 1. The summed E-state index contributed by atoms with van der Waals surface area (Å²) in [4.78, 5) is 31.5. The molecule has 0 aliphatic carbocycles. The number of aromatic nitrogens is 1. The van der Waals surface area contributed by atoms with Crippen molar-refractivity contribution in [2.45, 2.75) is 92.0 Å². The minimum absolute atomic E-state index is 0.0621. The predicted molar refractivity (Wildman–Crippen MR) is 154 cm³/mol. The number of anilines is 1. The summed E-state index contributed by atoms with van der Waals surface area (Å²) in [6, 6.07) is 2.14. The molecule has 0 saturated carbocycles. The molecule has 2 aliphatic heterocycles. The van der Waals surface area contributed by atoms with Crippen LogP contribution >= 0.6 is 24.0 Å². The Morgan fingerprint density at radius 3 is 2.39 bits per heavy atom. The highest BCUT2D eigenvalue weighted by Gasteiger charge is 2.34. The maximum atomic E-state index is 13.5. The van der Waals surface area contributed by atoms with Crippen LogP contribution in [0.5, 0.6) is 0 Å². The summed E-state index contributed by atoms with van der Waals surface area (Å²) < 4.78 is 2.36. The lowest BCUT2D eigenvalue weighted by molar-refractivity contribution is -0.122. The van der Waals surface area contributed by atoms with Gasteiger partial charge in [0.25, 0.3) is 11.5 Å². The van der Waals surface area contributed by atoms with Crippen LogP contribution in [0.25, 0.3) is 6.08 Å². The molecule has 1 amide bonds. The molecule has 1 unspecified atom stereocenters. The van der Waals surface area contributed by atoms with Gasteiger partial charge < -0.3 is 4.90 Å². The van der Waals surface area contributed by atoms with Crippen molar-refractivity contribution in [1.29, 1.82) is 5.26 Å². The number of amides is 1. The van der Waals surface area contributed by atoms with E-state index in [-0.39, 0.29) is 17.0 Å². The van der Waals surface area contributed by atoms with Crippen LogP contribution in [0.15, 0.2) is 9.70 Å². The average molecular weight is 529 g/mol. The largest absolute Gasteiger partial charge is 0.357 e. The van der Waals surface area contributed by atoms with Crippen molar-refractivity contribution >= 4 is 46.1 Å². The standard InChI is InChI=1S/C28H40N4O2S2/c1-5-8-13-21(7-3)19-32-27(34)24(36-28(32)35)17-22-20(4)23(18-29)26(33)31(14-6-2)25(22)30-15-11-9-10-12-16-30/h17,21H,5-16,19H2,1-4H3/b24-17+. The van der Waals surface area contributed by atoms with E-state index < -0.39 is 0 Å². The highest BCUT2D eigenvalue weighted by Crippen LogP contribution is 2.37.